The molecule has 1 amide bonds. The van der Waals surface area contributed by atoms with Crippen molar-refractivity contribution in [3.8, 4) is 0 Å². The number of likely N-dealkylation sites (tertiary alicyclic amines) is 1. The molecule has 2 aliphatic heterocycles. The molecule has 3 rings (SSSR count). The van der Waals surface area contributed by atoms with Crippen LogP contribution in [0.3, 0.4) is 0 Å². The average molecular weight is 365 g/mol. The van der Waals surface area contributed by atoms with E-state index in [9.17, 15) is 13.6 Å². The molecule has 7 heteroatoms. The molecule has 0 aromatic heterocycles. The Bertz CT molecular complexity index is 705. The molecule has 0 N–H and O–H groups in total. The molecule has 0 bridgehead atoms. The van der Waals surface area contributed by atoms with Crippen molar-refractivity contribution in [2.24, 2.45) is 0 Å². The quantitative estimate of drug-likeness (QED) is 0.756. The second kappa shape index (κ2) is 6.31. The lowest BCUT2D eigenvalue weighted by Crippen LogP contribution is -2.45. The minimum atomic E-state index is -2.80. The van der Waals surface area contributed by atoms with Crippen molar-refractivity contribution in [1.29, 1.82) is 0 Å². The highest BCUT2D eigenvalue weighted by atomic mass is 19.3. The zero-order chi connectivity index (χ0) is 19.3. The van der Waals surface area contributed by atoms with E-state index in [2.05, 4.69) is 0 Å². The lowest BCUT2D eigenvalue weighted by molar-refractivity contribution is -0.0560. The SMILES string of the molecule is Cc1cc(C(=O)N2CCCC(F)(F)C2)ccc1B1OC(C)(C)C(C)(C)O1. The molecule has 2 saturated heterocycles. The highest BCUT2D eigenvalue weighted by Gasteiger charge is 2.52. The third-order valence-electron chi connectivity index (χ3n) is 5.70. The number of halogens is 2. The summed E-state index contributed by atoms with van der Waals surface area (Å²) in [6, 6.07) is 5.20. The zero-order valence-corrected chi connectivity index (χ0v) is 16.1. The van der Waals surface area contributed by atoms with Crippen LogP contribution in [0.5, 0.6) is 0 Å². The van der Waals surface area contributed by atoms with Gasteiger partial charge in [-0.3, -0.25) is 4.79 Å². The molecule has 0 spiro atoms. The summed E-state index contributed by atoms with van der Waals surface area (Å²) in [4.78, 5) is 13.9. The van der Waals surface area contributed by atoms with Gasteiger partial charge >= 0.3 is 7.12 Å². The van der Waals surface area contributed by atoms with E-state index < -0.39 is 30.8 Å². The second-order valence-corrected chi connectivity index (χ2v) is 8.35. The Hall–Kier alpha value is -1.47. The lowest BCUT2D eigenvalue weighted by atomic mass is 9.76. The molecule has 4 nitrogen and oxygen atoms in total. The summed E-state index contributed by atoms with van der Waals surface area (Å²) in [5, 5.41) is 0. The molecule has 0 atom stereocenters. The second-order valence-electron chi connectivity index (χ2n) is 8.35. The standard InChI is InChI=1S/C19H26BF2NO3/c1-13-11-14(16(24)23-10-6-9-19(21,22)12-23)7-8-15(13)20-25-17(2,3)18(4,5)26-20/h7-8,11H,6,9-10,12H2,1-5H3. The zero-order valence-electron chi connectivity index (χ0n) is 16.1. The van der Waals surface area contributed by atoms with Crippen LogP contribution in [-0.2, 0) is 9.31 Å². The molecular weight excluding hydrogens is 339 g/mol. The average Bonchev–Trinajstić information content (AvgIpc) is 2.73. The summed E-state index contributed by atoms with van der Waals surface area (Å²) < 4.78 is 39.3. The number of carbonyl (C=O) groups excluding carboxylic acids is 1. The molecule has 1 aromatic carbocycles. The minimum absolute atomic E-state index is 0.156. The van der Waals surface area contributed by atoms with Gasteiger partial charge < -0.3 is 14.2 Å². The Balaban J connectivity index is 1.79. The van der Waals surface area contributed by atoms with Crippen molar-refractivity contribution in [3.05, 3.63) is 29.3 Å². The van der Waals surface area contributed by atoms with Crippen LogP contribution in [0, 0.1) is 6.92 Å². The number of piperidine rings is 1. The van der Waals surface area contributed by atoms with Crippen molar-refractivity contribution < 1.29 is 22.9 Å². The van der Waals surface area contributed by atoms with Crippen LogP contribution in [0.4, 0.5) is 8.78 Å². The molecule has 26 heavy (non-hydrogen) atoms. The maximum absolute atomic E-state index is 13.6. The highest BCUT2D eigenvalue weighted by Crippen LogP contribution is 2.36. The fourth-order valence-electron chi connectivity index (χ4n) is 3.37. The molecule has 142 valence electrons. The smallest absolute Gasteiger partial charge is 0.399 e. The molecule has 0 aliphatic carbocycles. The number of benzene rings is 1. The Morgan fingerprint density at radius 1 is 1.15 bits per heavy atom. The summed E-state index contributed by atoms with van der Waals surface area (Å²) >= 11 is 0. The summed E-state index contributed by atoms with van der Waals surface area (Å²) in [7, 11) is -0.511. The van der Waals surface area contributed by atoms with Gasteiger partial charge in [0.15, 0.2) is 0 Å². The summed E-state index contributed by atoms with van der Waals surface area (Å²) in [6.07, 6.45) is 0.167. The normalized spacial score (nSPS) is 24.0. The Kier molecular flexibility index (Phi) is 4.68. The van der Waals surface area contributed by atoms with E-state index in [-0.39, 0.29) is 12.3 Å². The van der Waals surface area contributed by atoms with E-state index in [1.807, 2.05) is 34.6 Å². The number of rotatable bonds is 2. The van der Waals surface area contributed by atoms with E-state index in [1.54, 1.807) is 18.2 Å². The van der Waals surface area contributed by atoms with E-state index in [0.717, 1.165) is 11.0 Å². The van der Waals surface area contributed by atoms with Gasteiger partial charge in [0.2, 0.25) is 0 Å². The maximum Gasteiger partial charge on any atom is 0.495 e. The van der Waals surface area contributed by atoms with Crippen LogP contribution in [0.1, 0.15) is 56.5 Å². The van der Waals surface area contributed by atoms with E-state index in [1.165, 1.54) is 4.90 Å². The van der Waals surface area contributed by atoms with Crippen molar-refractivity contribution >= 4 is 18.5 Å². The van der Waals surface area contributed by atoms with Crippen LogP contribution in [-0.4, -0.2) is 48.1 Å². The van der Waals surface area contributed by atoms with Gasteiger partial charge in [0.25, 0.3) is 11.8 Å². The molecule has 0 saturated carbocycles. The van der Waals surface area contributed by atoms with Gasteiger partial charge in [-0.25, -0.2) is 8.78 Å². The first-order valence-corrected chi connectivity index (χ1v) is 9.05. The number of carbonyl (C=O) groups is 1. The molecule has 2 aliphatic rings. The first kappa shape index (κ1) is 19.3. The molecule has 0 unspecified atom stereocenters. The predicted molar refractivity (Wildman–Crippen MR) is 97.0 cm³/mol. The Labute approximate surface area is 154 Å². The number of nitrogens with zero attached hydrogens (tertiary/aromatic N) is 1. The summed E-state index contributed by atoms with van der Waals surface area (Å²) in [5.74, 6) is -3.15. The third-order valence-corrected chi connectivity index (χ3v) is 5.70. The van der Waals surface area contributed by atoms with Gasteiger partial charge in [0.1, 0.15) is 0 Å². The minimum Gasteiger partial charge on any atom is -0.399 e. The largest absolute Gasteiger partial charge is 0.495 e. The highest BCUT2D eigenvalue weighted by molar-refractivity contribution is 6.62. The number of alkyl halides is 2. The fourth-order valence-corrected chi connectivity index (χ4v) is 3.37. The van der Waals surface area contributed by atoms with Crippen molar-refractivity contribution in [1.82, 2.24) is 4.90 Å². The van der Waals surface area contributed by atoms with Crippen LogP contribution in [0.25, 0.3) is 0 Å². The van der Waals surface area contributed by atoms with Gasteiger partial charge in [0, 0.05) is 18.5 Å². The van der Waals surface area contributed by atoms with Gasteiger partial charge in [-0.05, 0) is 58.6 Å². The maximum atomic E-state index is 13.6. The molecular formula is C19H26BF2NO3. The molecule has 1 aromatic rings. The van der Waals surface area contributed by atoms with Crippen LogP contribution >= 0.6 is 0 Å². The first-order valence-electron chi connectivity index (χ1n) is 9.05. The lowest BCUT2D eigenvalue weighted by Gasteiger charge is -2.32. The number of amides is 1. The Morgan fingerprint density at radius 2 is 1.77 bits per heavy atom. The predicted octanol–water partition coefficient (Wildman–Crippen LogP) is 3.17. The fraction of sp³-hybridized carbons (Fsp3) is 0.632. The van der Waals surface area contributed by atoms with Gasteiger partial charge in [-0.1, -0.05) is 11.6 Å². The number of aryl methyl sites for hydroxylation is 1. The van der Waals surface area contributed by atoms with Crippen LogP contribution in [0.2, 0.25) is 0 Å². The molecule has 0 radical (unpaired) electrons. The van der Waals surface area contributed by atoms with Crippen LogP contribution in [0.15, 0.2) is 18.2 Å². The Morgan fingerprint density at radius 3 is 2.31 bits per heavy atom. The van der Waals surface area contributed by atoms with Gasteiger partial charge in [-0.2, -0.15) is 0 Å². The summed E-state index contributed by atoms with van der Waals surface area (Å²) in [5.41, 5.74) is 1.22. The topological polar surface area (TPSA) is 38.8 Å². The first-order chi connectivity index (χ1) is 11.9. The van der Waals surface area contributed by atoms with Crippen LogP contribution < -0.4 is 5.46 Å². The molecule has 2 heterocycles. The van der Waals surface area contributed by atoms with Crippen molar-refractivity contribution in [2.75, 3.05) is 13.1 Å². The number of hydrogen-bond donors (Lipinski definition) is 0. The van der Waals surface area contributed by atoms with Gasteiger partial charge in [-0.15, -0.1) is 0 Å². The summed E-state index contributed by atoms with van der Waals surface area (Å²) in [6.45, 7) is 9.67. The van der Waals surface area contributed by atoms with E-state index in [4.69, 9.17) is 9.31 Å². The molecule has 2 fully saturated rings. The number of hydrogen-bond acceptors (Lipinski definition) is 3. The van der Waals surface area contributed by atoms with E-state index in [0.29, 0.717) is 18.5 Å². The van der Waals surface area contributed by atoms with E-state index >= 15 is 0 Å². The van der Waals surface area contributed by atoms with Crippen molar-refractivity contribution in [3.63, 3.8) is 0 Å². The van der Waals surface area contributed by atoms with Crippen molar-refractivity contribution in [2.45, 2.75) is 64.6 Å². The monoisotopic (exact) mass is 365 g/mol. The third kappa shape index (κ3) is 3.51. The van der Waals surface area contributed by atoms with Gasteiger partial charge in [0.05, 0.1) is 17.7 Å².